The average Bonchev–Trinajstić information content (AvgIpc) is 3.04. The van der Waals surface area contributed by atoms with E-state index < -0.39 is 22.8 Å². The highest BCUT2D eigenvalue weighted by Crippen LogP contribution is 2.14. The van der Waals surface area contributed by atoms with Crippen LogP contribution in [0.2, 0.25) is 0 Å². The van der Waals surface area contributed by atoms with Gasteiger partial charge in [0.05, 0.1) is 6.20 Å². The fraction of sp³-hybridized carbons (Fsp3) is 0.182. The van der Waals surface area contributed by atoms with Gasteiger partial charge in [-0.1, -0.05) is 0 Å². The molecule has 0 bridgehead atoms. The number of nitro groups is 1. The van der Waals surface area contributed by atoms with Crippen molar-refractivity contribution in [3.8, 4) is 0 Å². The van der Waals surface area contributed by atoms with Crippen molar-refractivity contribution in [2.75, 3.05) is 0 Å². The summed E-state index contributed by atoms with van der Waals surface area (Å²) in [5.41, 5.74) is 0.191. The number of aliphatic carboxylic acids is 1. The Morgan fingerprint density at radius 3 is 2.71 bits per heavy atom. The first-order valence-corrected chi connectivity index (χ1v) is 5.74. The summed E-state index contributed by atoms with van der Waals surface area (Å²) in [7, 11) is 1.61. The second-order valence-electron chi connectivity index (χ2n) is 4.21. The summed E-state index contributed by atoms with van der Waals surface area (Å²) >= 11 is 0. The molecule has 0 saturated carbocycles. The van der Waals surface area contributed by atoms with E-state index in [1.54, 1.807) is 7.05 Å². The minimum absolute atomic E-state index is 0.100. The molecule has 1 atom stereocenters. The molecule has 0 saturated heterocycles. The number of nitrogens with one attached hydrogen (secondary N) is 2. The van der Waals surface area contributed by atoms with Crippen LogP contribution in [-0.2, 0) is 11.8 Å². The number of hydrogen-bond acceptors (Lipinski definition) is 5. The molecule has 0 aliphatic rings. The molecule has 0 fully saturated rings. The van der Waals surface area contributed by atoms with Crippen molar-refractivity contribution in [1.82, 2.24) is 20.1 Å². The largest absolute Gasteiger partial charge is 0.479 e. The number of carbonyl (C=O) groups excluding carboxylic acids is 1. The number of rotatable bonds is 5. The van der Waals surface area contributed by atoms with Crippen molar-refractivity contribution in [2.45, 2.75) is 6.04 Å². The number of carboxylic acids is 1. The van der Waals surface area contributed by atoms with Gasteiger partial charge in [-0.15, -0.1) is 0 Å². The lowest BCUT2D eigenvalue weighted by molar-refractivity contribution is -0.389. The van der Waals surface area contributed by atoms with E-state index in [-0.39, 0.29) is 11.5 Å². The molecule has 2 rings (SSSR count). The number of nitrogens with zero attached hydrogens (tertiary/aromatic N) is 3. The number of aryl methyl sites for hydroxylation is 1. The molecule has 110 valence electrons. The van der Waals surface area contributed by atoms with Crippen LogP contribution in [-0.4, -0.2) is 36.7 Å². The lowest BCUT2D eigenvalue weighted by Gasteiger charge is -2.11. The minimum atomic E-state index is -1.30. The Hall–Kier alpha value is -3.17. The Balaban J connectivity index is 2.18. The summed E-state index contributed by atoms with van der Waals surface area (Å²) in [5, 5.41) is 25.8. The number of carbonyl (C=O) groups is 2. The van der Waals surface area contributed by atoms with Crippen molar-refractivity contribution >= 4 is 17.7 Å². The summed E-state index contributed by atoms with van der Waals surface area (Å²) in [5.74, 6) is -2.38. The SMILES string of the molecule is Cn1cc(C(NC(=O)c2ccc([N+](=O)[O-])[nH]2)C(=O)O)cn1. The second kappa shape index (κ2) is 5.45. The van der Waals surface area contributed by atoms with Crippen LogP contribution in [0.25, 0.3) is 0 Å². The van der Waals surface area contributed by atoms with E-state index in [0.717, 1.165) is 6.07 Å². The molecule has 10 heteroatoms. The highest BCUT2D eigenvalue weighted by atomic mass is 16.6. The Morgan fingerprint density at radius 2 is 2.24 bits per heavy atom. The van der Waals surface area contributed by atoms with Gasteiger partial charge < -0.3 is 20.5 Å². The van der Waals surface area contributed by atoms with Crippen molar-refractivity contribution in [1.29, 1.82) is 0 Å². The lowest BCUT2D eigenvalue weighted by atomic mass is 10.1. The molecule has 0 radical (unpaired) electrons. The van der Waals surface area contributed by atoms with Gasteiger partial charge in [-0.2, -0.15) is 5.10 Å². The molecule has 0 spiro atoms. The van der Waals surface area contributed by atoms with E-state index in [1.807, 2.05) is 0 Å². The van der Waals surface area contributed by atoms with Gasteiger partial charge in [-0.3, -0.25) is 9.48 Å². The zero-order chi connectivity index (χ0) is 15.6. The van der Waals surface area contributed by atoms with Crippen molar-refractivity contribution in [3.05, 3.63) is 45.9 Å². The molecule has 2 heterocycles. The third-order valence-corrected chi connectivity index (χ3v) is 2.69. The molecule has 0 aliphatic heterocycles. The maximum Gasteiger partial charge on any atom is 0.331 e. The molecule has 10 nitrogen and oxygen atoms in total. The predicted molar refractivity (Wildman–Crippen MR) is 68.5 cm³/mol. The Labute approximate surface area is 117 Å². The second-order valence-corrected chi connectivity index (χ2v) is 4.21. The molecule has 0 aliphatic carbocycles. The highest BCUT2D eigenvalue weighted by Gasteiger charge is 2.26. The van der Waals surface area contributed by atoms with Crippen molar-refractivity contribution in [3.63, 3.8) is 0 Å². The normalized spacial score (nSPS) is 11.9. The third-order valence-electron chi connectivity index (χ3n) is 2.69. The number of H-pyrrole nitrogens is 1. The zero-order valence-corrected chi connectivity index (χ0v) is 10.8. The van der Waals surface area contributed by atoms with Gasteiger partial charge in [0.15, 0.2) is 11.7 Å². The van der Waals surface area contributed by atoms with Crippen molar-refractivity contribution in [2.24, 2.45) is 7.05 Å². The fourth-order valence-electron chi connectivity index (χ4n) is 1.71. The maximum atomic E-state index is 11.9. The molecule has 1 unspecified atom stereocenters. The lowest BCUT2D eigenvalue weighted by Crippen LogP contribution is -2.33. The maximum absolute atomic E-state index is 11.9. The van der Waals surface area contributed by atoms with Crippen LogP contribution in [0.15, 0.2) is 24.5 Å². The van der Waals surface area contributed by atoms with Crippen LogP contribution in [0.3, 0.4) is 0 Å². The molecule has 1 amide bonds. The molecule has 0 aromatic carbocycles. The molecule has 2 aromatic heterocycles. The smallest absolute Gasteiger partial charge is 0.331 e. The zero-order valence-electron chi connectivity index (χ0n) is 10.8. The average molecular weight is 293 g/mol. The van der Waals surface area contributed by atoms with Crippen LogP contribution in [0.1, 0.15) is 22.1 Å². The standard InChI is InChI=1S/C11H11N5O5/c1-15-5-6(4-12-15)9(11(18)19)14-10(17)7-2-3-8(13-7)16(20)21/h2-5,9,13H,1H3,(H,14,17)(H,18,19). The van der Waals surface area contributed by atoms with Crippen LogP contribution in [0, 0.1) is 10.1 Å². The third kappa shape index (κ3) is 3.05. The van der Waals surface area contributed by atoms with E-state index in [9.17, 15) is 19.7 Å². The van der Waals surface area contributed by atoms with Crippen LogP contribution >= 0.6 is 0 Å². The molecule has 3 N–H and O–H groups in total. The predicted octanol–water partition coefficient (Wildman–Crippen LogP) is 0.212. The summed E-state index contributed by atoms with van der Waals surface area (Å²) in [6, 6.07) is 1.03. The van der Waals surface area contributed by atoms with Gasteiger partial charge >= 0.3 is 11.8 Å². The van der Waals surface area contributed by atoms with E-state index in [4.69, 9.17) is 5.11 Å². The first kappa shape index (κ1) is 14.2. The van der Waals surface area contributed by atoms with Gasteiger partial charge in [0, 0.05) is 24.9 Å². The Kier molecular flexibility index (Phi) is 3.69. The van der Waals surface area contributed by atoms with Crippen LogP contribution in [0.5, 0.6) is 0 Å². The Morgan fingerprint density at radius 1 is 1.52 bits per heavy atom. The molecular weight excluding hydrogens is 282 g/mol. The van der Waals surface area contributed by atoms with Gasteiger partial charge in [-0.05, 0) is 11.0 Å². The van der Waals surface area contributed by atoms with Crippen molar-refractivity contribution < 1.29 is 19.6 Å². The van der Waals surface area contributed by atoms with Gasteiger partial charge in [0.25, 0.3) is 5.91 Å². The number of carboxylic acid groups (broad SMARTS) is 1. The van der Waals surface area contributed by atoms with E-state index in [0.29, 0.717) is 5.56 Å². The number of hydrogen-bond donors (Lipinski definition) is 3. The summed E-state index contributed by atoms with van der Waals surface area (Å²) < 4.78 is 1.40. The minimum Gasteiger partial charge on any atom is -0.479 e. The van der Waals surface area contributed by atoms with Crippen LogP contribution in [0.4, 0.5) is 5.82 Å². The molecule has 21 heavy (non-hydrogen) atoms. The quantitative estimate of drug-likeness (QED) is 0.531. The first-order chi connectivity index (χ1) is 9.88. The molecular formula is C11H11N5O5. The summed E-state index contributed by atoms with van der Waals surface area (Å²) in [6.07, 6.45) is 2.77. The van der Waals surface area contributed by atoms with Gasteiger partial charge in [0.2, 0.25) is 0 Å². The van der Waals surface area contributed by atoms with Gasteiger partial charge in [-0.25, -0.2) is 9.78 Å². The number of aromatic nitrogens is 3. The highest BCUT2D eigenvalue weighted by molar-refractivity contribution is 5.95. The molecule has 2 aromatic rings. The summed E-state index contributed by atoms with van der Waals surface area (Å²) in [6.45, 7) is 0. The number of amides is 1. The fourth-order valence-corrected chi connectivity index (χ4v) is 1.71. The van der Waals surface area contributed by atoms with Crippen LogP contribution < -0.4 is 5.32 Å². The monoisotopic (exact) mass is 293 g/mol. The van der Waals surface area contributed by atoms with E-state index in [1.165, 1.54) is 23.1 Å². The van der Waals surface area contributed by atoms with E-state index in [2.05, 4.69) is 15.4 Å². The summed E-state index contributed by atoms with van der Waals surface area (Å²) in [4.78, 5) is 35.3. The van der Waals surface area contributed by atoms with E-state index >= 15 is 0 Å². The Bertz CT molecular complexity index is 703. The number of aromatic amines is 1. The first-order valence-electron chi connectivity index (χ1n) is 5.74. The van der Waals surface area contributed by atoms with Gasteiger partial charge in [0.1, 0.15) is 0 Å². The topological polar surface area (TPSA) is 143 Å².